The summed E-state index contributed by atoms with van der Waals surface area (Å²) in [7, 11) is 3.49. The third-order valence-electron chi connectivity index (χ3n) is 4.04. The van der Waals surface area contributed by atoms with Gasteiger partial charge in [0.1, 0.15) is 5.75 Å². The molecule has 1 aliphatic heterocycles. The molecule has 0 saturated carbocycles. The first-order valence-corrected chi connectivity index (χ1v) is 7.64. The topological polar surface area (TPSA) is 65.6 Å². The number of aryl methyl sites for hydroxylation is 2. The molecule has 2 rings (SSSR count). The number of hydrogen-bond acceptors (Lipinski definition) is 4. The van der Waals surface area contributed by atoms with Gasteiger partial charge in [-0.05, 0) is 49.4 Å². The number of carbonyl (C=O) groups is 1. The van der Waals surface area contributed by atoms with Crippen LogP contribution in [0, 0.1) is 19.8 Å². The first-order chi connectivity index (χ1) is 10.5. The number of ether oxygens (including phenoxy) is 1. The molecule has 6 heteroatoms. The predicted octanol–water partition coefficient (Wildman–Crippen LogP) is 1.89. The molecule has 1 saturated heterocycles. The maximum atomic E-state index is 12.2. The van der Waals surface area contributed by atoms with Crippen molar-refractivity contribution in [2.24, 2.45) is 5.92 Å². The second-order valence-electron chi connectivity index (χ2n) is 5.91. The van der Waals surface area contributed by atoms with Crippen molar-refractivity contribution in [3.05, 3.63) is 23.3 Å². The quantitative estimate of drug-likeness (QED) is 0.777. The summed E-state index contributed by atoms with van der Waals surface area (Å²) >= 11 is 0. The van der Waals surface area contributed by atoms with E-state index in [-0.39, 0.29) is 6.03 Å². The van der Waals surface area contributed by atoms with Crippen molar-refractivity contribution in [3.63, 3.8) is 0 Å². The fraction of sp³-hybridized carbons (Fsp3) is 0.562. The van der Waals surface area contributed by atoms with Crippen LogP contribution in [0.25, 0.3) is 0 Å². The molecule has 1 heterocycles. The number of urea groups is 1. The lowest BCUT2D eigenvalue weighted by atomic mass is 10.1. The highest BCUT2D eigenvalue weighted by Crippen LogP contribution is 2.26. The molecule has 0 radical (unpaired) electrons. The van der Waals surface area contributed by atoms with Gasteiger partial charge in [0.05, 0.1) is 7.11 Å². The summed E-state index contributed by atoms with van der Waals surface area (Å²) in [5, 5.41) is 2.95. The Balaban J connectivity index is 1.90. The van der Waals surface area contributed by atoms with Crippen molar-refractivity contribution in [2.75, 3.05) is 39.1 Å². The first-order valence-electron chi connectivity index (χ1n) is 7.64. The molecule has 1 aromatic rings. The predicted molar refractivity (Wildman–Crippen MR) is 88.2 cm³/mol. The maximum Gasteiger partial charge on any atom is 0.321 e. The van der Waals surface area contributed by atoms with Crippen LogP contribution in [-0.4, -0.2) is 44.7 Å². The zero-order chi connectivity index (χ0) is 16.1. The van der Waals surface area contributed by atoms with Crippen LogP contribution in [0.2, 0.25) is 0 Å². The van der Waals surface area contributed by atoms with Gasteiger partial charge in [-0.25, -0.2) is 4.79 Å². The summed E-state index contributed by atoms with van der Waals surface area (Å²) in [4.78, 5) is 14.0. The Morgan fingerprint density at radius 3 is 2.45 bits per heavy atom. The minimum absolute atomic E-state index is 0.0807. The van der Waals surface area contributed by atoms with E-state index in [0.29, 0.717) is 5.92 Å². The number of nitrogens with zero attached hydrogens (tertiary/aromatic N) is 1. The normalized spacial score (nSPS) is 14.9. The Kier molecular flexibility index (Phi) is 5.63. The highest BCUT2D eigenvalue weighted by molar-refractivity contribution is 5.89. The third-order valence-corrected chi connectivity index (χ3v) is 4.04. The lowest BCUT2D eigenvalue weighted by Crippen LogP contribution is -2.33. The van der Waals surface area contributed by atoms with E-state index in [9.17, 15) is 4.79 Å². The van der Waals surface area contributed by atoms with E-state index in [2.05, 4.69) is 16.2 Å². The number of rotatable bonds is 5. The third kappa shape index (κ3) is 4.11. The molecule has 0 spiro atoms. The molecule has 0 aromatic heterocycles. The van der Waals surface area contributed by atoms with Gasteiger partial charge in [-0.2, -0.15) is 0 Å². The number of hydrogen-bond donors (Lipinski definition) is 3. The van der Waals surface area contributed by atoms with E-state index in [1.165, 1.54) is 0 Å². The Morgan fingerprint density at radius 1 is 1.32 bits per heavy atom. The minimum atomic E-state index is -0.0807. The van der Waals surface area contributed by atoms with Crippen molar-refractivity contribution in [1.29, 1.82) is 0 Å². The molecule has 1 fully saturated rings. The Labute approximate surface area is 132 Å². The first kappa shape index (κ1) is 16.6. The van der Waals surface area contributed by atoms with Gasteiger partial charge in [0.25, 0.3) is 0 Å². The largest absolute Gasteiger partial charge is 0.496 e. The van der Waals surface area contributed by atoms with Gasteiger partial charge in [0.2, 0.25) is 0 Å². The molecule has 2 amide bonds. The van der Waals surface area contributed by atoms with E-state index >= 15 is 0 Å². The summed E-state index contributed by atoms with van der Waals surface area (Å²) in [6.45, 7) is 6.63. The number of anilines is 1. The maximum absolute atomic E-state index is 12.2. The van der Waals surface area contributed by atoms with Gasteiger partial charge < -0.3 is 15.0 Å². The molecule has 22 heavy (non-hydrogen) atoms. The zero-order valence-electron chi connectivity index (χ0n) is 13.8. The average molecular weight is 306 g/mol. The Hall–Kier alpha value is -1.79. The van der Waals surface area contributed by atoms with Crippen LogP contribution in [-0.2, 0) is 0 Å². The molecule has 0 bridgehead atoms. The highest BCUT2D eigenvalue weighted by Gasteiger charge is 2.17. The van der Waals surface area contributed by atoms with Crippen LogP contribution in [0.15, 0.2) is 12.1 Å². The second-order valence-corrected chi connectivity index (χ2v) is 5.91. The van der Waals surface area contributed by atoms with E-state index in [0.717, 1.165) is 48.6 Å². The van der Waals surface area contributed by atoms with Gasteiger partial charge in [-0.15, -0.1) is 0 Å². The van der Waals surface area contributed by atoms with Crippen LogP contribution in [0.5, 0.6) is 5.75 Å². The molecule has 1 aromatic carbocycles. The van der Waals surface area contributed by atoms with E-state index in [1.54, 1.807) is 12.0 Å². The minimum Gasteiger partial charge on any atom is -0.496 e. The highest BCUT2D eigenvalue weighted by atomic mass is 16.5. The SMILES string of the molecule is COc1c(C)cc(NC(=O)N(C)CCC2CNNC2)cc1C. The Bertz CT molecular complexity index is 504. The fourth-order valence-electron chi connectivity index (χ4n) is 2.75. The standard InChI is InChI=1S/C16H26N4O2/c1-11-7-14(8-12(2)15(11)22-4)19-16(21)20(3)6-5-13-9-17-18-10-13/h7-8,13,17-18H,5-6,9-10H2,1-4H3,(H,19,21). The molecule has 0 aliphatic carbocycles. The lowest BCUT2D eigenvalue weighted by Gasteiger charge is -2.20. The number of methoxy groups -OCH3 is 1. The second kappa shape index (κ2) is 7.47. The molecule has 122 valence electrons. The molecular formula is C16H26N4O2. The summed E-state index contributed by atoms with van der Waals surface area (Å²) < 4.78 is 5.34. The van der Waals surface area contributed by atoms with Gasteiger partial charge >= 0.3 is 6.03 Å². The van der Waals surface area contributed by atoms with Crippen LogP contribution < -0.4 is 20.9 Å². The zero-order valence-corrected chi connectivity index (χ0v) is 13.8. The van der Waals surface area contributed by atoms with Crippen LogP contribution in [0.1, 0.15) is 17.5 Å². The number of carbonyl (C=O) groups excluding carboxylic acids is 1. The van der Waals surface area contributed by atoms with Gasteiger partial charge in [-0.1, -0.05) is 0 Å². The number of benzene rings is 1. The fourth-order valence-corrected chi connectivity index (χ4v) is 2.75. The monoisotopic (exact) mass is 306 g/mol. The number of nitrogens with one attached hydrogen (secondary N) is 3. The van der Waals surface area contributed by atoms with E-state index < -0.39 is 0 Å². The number of hydrazine groups is 1. The van der Waals surface area contributed by atoms with Crippen molar-refractivity contribution in [2.45, 2.75) is 20.3 Å². The average Bonchev–Trinajstić information content (AvgIpc) is 2.97. The summed E-state index contributed by atoms with van der Waals surface area (Å²) in [5.74, 6) is 1.45. The smallest absolute Gasteiger partial charge is 0.321 e. The molecule has 3 N–H and O–H groups in total. The molecular weight excluding hydrogens is 280 g/mol. The lowest BCUT2D eigenvalue weighted by molar-refractivity contribution is 0.219. The van der Waals surface area contributed by atoms with Crippen molar-refractivity contribution in [3.8, 4) is 5.75 Å². The van der Waals surface area contributed by atoms with Crippen LogP contribution in [0.4, 0.5) is 10.5 Å². The van der Waals surface area contributed by atoms with Gasteiger partial charge in [0.15, 0.2) is 0 Å². The molecule has 0 atom stereocenters. The van der Waals surface area contributed by atoms with Gasteiger partial charge in [-0.3, -0.25) is 10.9 Å². The van der Waals surface area contributed by atoms with Crippen LogP contribution >= 0.6 is 0 Å². The van der Waals surface area contributed by atoms with Crippen molar-refractivity contribution >= 4 is 11.7 Å². The van der Waals surface area contributed by atoms with Gasteiger partial charge in [0, 0.05) is 32.4 Å². The Morgan fingerprint density at radius 2 is 1.91 bits per heavy atom. The van der Waals surface area contributed by atoms with Crippen molar-refractivity contribution in [1.82, 2.24) is 15.8 Å². The molecule has 6 nitrogen and oxygen atoms in total. The summed E-state index contributed by atoms with van der Waals surface area (Å²) in [6.07, 6.45) is 0.991. The van der Waals surface area contributed by atoms with Crippen molar-refractivity contribution < 1.29 is 9.53 Å². The van der Waals surface area contributed by atoms with E-state index in [1.807, 2.05) is 33.0 Å². The van der Waals surface area contributed by atoms with Crippen LogP contribution in [0.3, 0.4) is 0 Å². The summed E-state index contributed by atoms with van der Waals surface area (Å²) in [5.41, 5.74) is 9.05. The number of amides is 2. The molecule has 1 aliphatic rings. The van der Waals surface area contributed by atoms with E-state index in [4.69, 9.17) is 4.74 Å². The summed E-state index contributed by atoms with van der Waals surface area (Å²) in [6, 6.07) is 3.79. The molecule has 0 unspecified atom stereocenters.